The molecule has 0 radical (unpaired) electrons. The van der Waals surface area contributed by atoms with Crippen molar-refractivity contribution >= 4 is 0 Å². The average molecular weight is 340 g/mol. The maximum absolute atomic E-state index is 12.4. The van der Waals surface area contributed by atoms with Crippen molar-refractivity contribution in [3.8, 4) is 0 Å². The monoisotopic (exact) mass is 340 g/mol. The molecule has 3 aromatic rings. The van der Waals surface area contributed by atoms with Gasteiger partial charge >= 0.3 is 0 Å². The molecule has 0 aliphatic carbocycles. The highest BCUT2D eigenvalue weighted by molar-refractivity contribution is 5.45. The molecule has 0 amide bonds. The minimum Gasteiger partial charge on any atom is -0.302 e. The van der Waals surface area contributed by atoms with E-state index in [0.717, 1.165) is 17.0 Å². The van der Waals surface area contributed by atoms with Gasteiger partial charge in [0.15, 0.2) is 0 Å². The Balaban J connectivity index is 2.23. The lowest BCUT2D eigenvalue weighted by molar-refractivity contribution is 0.590. The van der Waals surface area contributed by atoms with Gasteiger partial charge in [0.05, 0.1) is 11.1 Å². The molecule has 4 N–H and O–H groups in total. The Morgan fingerprint density at radius 3 is 1.52 bits per heavy atom. The fourth-order valence-corrected chi connectivity index (χ4v) is 3.26. The molecule has 0 aliphatic heterocycles. The molecule has 0 saturated heterocycles. The molecule has 6 heteroatoms. The van der Waals surface area contributed by atoms with Crippen LogP contribution < -0.4 is 11.1 Å². The van der Waals surface area contributed by atoms with Gasteiger partial charge < -0.3 is 10.2 Å². The molecule has 0 saturated carbocycles. The lowest BCUT2D eigenvalue weighted by Gasteiger charge is -2.21. The maximum Gasteiger partial charge on any atom is 0.268 e. The summed E-state index contributed by atoms with van der Waals surface area (Å²) in [6.45, 7) is 10.1. The highest BCUT2D eigenvalue weighted by atomic mass is 16.1. The maximum atomic E-state index is 12.4. The van der Waals surface area contributed by atoms with E-state index < -0.39 is 5.92 Å². The van der Waals surface area contributed by atoms with Crippen LogP contribution in [-0.2, 0) is 5.41 Å². The third-order valence-corrected chi connectivity index (χ3v) is 4.71. The van der Waals surface area contributed by atoms with E-state index in [9.17, 15) is 9.59 Å². The van der Waals surface area contributed by atoms with Gasteiger partial charge in [-0.15, -0.1) is 0 Å². The SMILES string of the molecule is Cc1[nH][nH]c(=O)c1C(c1ccc(C(C)(C)C)cc1)c1c(C)[nH][nH]c1=O. The summed E-state index contributed by atoms with van der Waals surface area (Å²) in [7, 11) is 0. The first-order valence-electron chi connectivity index (χ1n) is 8.35. The summed E-state index contributed by atoms with van der Waals surface area (Å²) in [5, 5.41) is 11.0. The summed E-state index contributed by atoms with van der Waals surface area (Å²) in [6, 6.07) is 8.13. The fraction of sp³-hybridized carbons (Fsp3) is 0.368. The molecule has 0 spiro atoms. The van der Waals surface area contributed by atoms with Crippen LogP contribution in [-0.4, -0.2) is 20.4 Å². The van der Waals surface area contributed by atoms with E-state index in [4.69, 9.17) is 0 Å². The second kappa shape index (κ2) is 5.95. The van der Waals surface area contributed by atoms with E-state index in [1.165, 1.54) is 5.56 Å². The van der Waals surface area contributed by atoms with Crippen LogP contribution in [0.25, 0.3) is 0 Å². The van der Waals surface area contributed by atoms with E-state index >= 15 is 0 Å². The molecule has 0 atom stereocenters. The molecule has 132 valence electrons. The van der Waals surface area contributed by atoms with Crippen molar-refractivity contribution in [2.24, 2.45) is 0 Å². The van der Waals surface area contributed by atoms with Crippen LogP contribution in [0.3, 0.4) is 0 Å². The van der Waals surface area contributed by atoms with Crippen molar-refractivity contribution in [1.29, 1.82) is 0 Å². The van der Waals surface area contributed by atoms with Gasteiger partial charge in [-0.25, -0.2) is 0 Å². The van der Waals surface area contributed by atoms with Crippen LogP contribution in [0.5, 0.6) is 0 Å². The summed E-state index contributed by atoms with van der Waals surface area (Å²) < 4.78 is 0. The molecular formula is C19H24N4O2. The predicted octanol–water partition coefficient (Wildman–Crippen LogP) is 2.81. The number of aryl methyl sites for hydroxylation is 2. The Bertz CT molecular complexity index is 939. The fourth-order valence-electron chi connectivity index (χ4n) is 3.26. The zero-order chi connectivity index (χ0) is 18.4. The number of hydrogen-bond donors (Lipinski definition) is 4. The van der Waals surface area contributed by atoms with E-state index in [-0.39, 0.29) is 16.5 Å². The minimum atomic E-state index is -0.431. The number of hydrogen-bond acceptors (Lipinski definition) is 2. The first-order valence-corrected chi connectivity index (χ1v) is 8.35. The Morgan fingerprint density at radius 1 is 0.760 bits per heavy atom. The van der Waals surface area contributed by atoms with Crippen LogP contribution in [0.2, 0.25) is 0 Å². The molecule has 0 fully saturated rings. The Morgan fingerprint density at radius 2 is 1.20 bits per heavy atom. The summed E-state index contributed by atoms with van der Waals surface area (Å²) >= 11 is 0. The summed E-state index contributed by atoms with van der Waals surface area (Å²) in [5.41, 5.74) is 4.34. The van der Waals surface area contributed by atoms with Gasteiger partial charge in [0.25, 0.3) is 11.1 Å². The lowest BCUT2D eigenvalue weighted by atomic mass is 9.82. The molecule has 1 aromatic carbocycles. The van der Waals surface area contributed by atoms with Crippen molar-refractivity contribution in [3.05, 3.63) is 78.6 Å². The van der Waals surface area contributed by atoms with Gasteiger partial charge in [-0.3, -0.25) is 19.8 Å². The third-order valence-electron chi connectivity index (χ3n) is 4.71. The summed E-state index contributed by atoms with van der Waals surface area (Å²) in [4.78, 5) is 24.8. The summed E-state index contributed by atoms with van der Waals surface area (Å²) in [6.07, 6.45) is 0. The van der Waals surface area contributed by atoms with Crippen molar-refractivity contribution in [2.45, 2.75) is 46.0 Å². The van der Waals surface area contributed by atoms with Gasteiger partial charge in [-0.1, -0.05) is 45.0 Å². The second-order valence-corrected chi connectivity index (χ2v) is 7.54. The quantitative estimate of drug-likeness (QED) is 0.590. The number of aromatic nitrogens is 4. The zero-order valence-electron chi connectivity index (χ0n) is 15.2. The Labute approximate surface area is 145 Å². The predicted molar refractivity (Wildman–Crippen MR) is 98.4 cm³/mol. The van der Waals surface area contributed by atoms with E-state index in [1.807, 2.05) is 26.0 Å². The van der Waals surface area contributed by atoms with Crippen LogP contribution in [0, 0.1) is 13.8 Å². The number of nitrogens with one attached hydrogen (secondary N) is 4. The lowest BCUT2D eigenvalue weighted by Crippen LogP contribution is -2.20. The second-order valence-electron chi connectivity index (χ2n) is 7.54. The van der Waals surface area contributed by atoms with Crippen molar-refractivity contribution in [1.82, 2.24) is 20.4 Å². The first kappa shape index (κ1) is 17.1. The van der Waals surface area contributed by atoms with Crippen LogP contribution in [0.1, 0.15) is 60.3 Å². The van der Waals surface area contributed by atoms with Crippen molar-refractivity contribution in [2.75, 3.05) is 0 Å². The molecule has 25 heavy (non-hydrogen) atoms. The van der Waals surface area contributed by atoms with Gasteiger partial charge in [0, 0.05) is 17.3 Å². The minimum absolute atomic E-state index is 0.0387. The first-order chi connectivity index (χ1) is 11.7. The van der Waals surface area contributed by atoms with Crippen molar-refractivity contribution < 1.29 is 0 Å². The topological polar surface area (TPSA) is 97.3 Å². The van der Waals surface area contributed by atoms with E-state index in [1.54, 1.807) is 0 Å². The van der Waals surface area contributed by atoms with Crippen LogP contribution in [0.15, 0.2) is 33.9 Å². The zero-order valence-corrected chi connectivity index (χ0v) is 15.2. The van der Waals surface area contributed by atoms with Gasteiger partial charge in [0.1, 0.15) is 0 Å². The van der Waals surface area contributed by atoms with Crippen molar-refractivity contribution in [3.63, 3.8) is 0 Å². The highest BCUT2D eigenvalue weighted by Crippen LogP contribution is 2.32. The van der Waals surface area contributed by atoms with Crippen LogP contribution in [0.4, 0.5) is 0 Å². The van der Waals surface area contributed by atoms with Crippen LogP contribution >= 0.6 is 0 Å². The molecule has 2 heterocycles. The number of aromatic amines is 4. The molecule has 0 aliphatic rings. The number of H-pyrrole nitrogens is 4. The highest BCUT2D eigenvalue weighted by Gasteiger charge is 2.28. The van der Waals surface area contributed by atoms with Gasteiger partial charge in [0.2, 0.25) is 0 Å². The largest absolute Gasteiger partial charge is 0.302 e. The standard InChI is InChI=1S/C19H24N4O2/c1-10-14(17(24)22-20-10)16(15-11(2)21-23-18(15)25)12-6-8-13(9-7-12)19(3,4)5/h6-9,16H,1-5H3,(H2,20,22,24)(H2,21,23,25). The molecule has 0 bridgehead atoms. The Kier molecular flexibility index (Phi) is 4.06. The normalized spacial score (nSPS) is 12.1. The summed E-state index contributed by atoms with van der Waals surface area (Å²) in [5.74, 6) is -0.431. The average Bonchev–Trinajstić information content (AvgIpc) is 3.05. The van der Waals surface area contributed by atoms with E-state index in [2.05, 4.69) is 53.3 Å². The van der Waals surface area contributed by atoms with Gasteiger partial charge in [-0.05, 0) is 30.4 Å². The molecule has 3 rings (SSSR count). The van der Waals surface area contributed by atoms with Gasteiger partial charge in [-0.2, -0.15) is 0 Å². The number of rotatable bonds is 3. The number of benzene rings is 1. The smallest absolute Gasteiger partial charge is 0.268 e. The molecule has 0 unspecified atom stereocenters. The molecular weight excluding hydrogens is 316 g/mol. The molecule has 2 aromatic heterocycles. The third kappa shape index (κ3) is 2.99. The Hall–Kier alpha value is -2.76. The molecule has 6 nitrogen and oxygen atoms in total. The van der Waals surface area contributed by atoms with E-state index in [0.29, 0.717) is 11.1 Å².